The lowest BCUT2D eigenvalue weighted by Crippen LogP contribution is -2.04. The number of nitrogens with two attached hydrogens (primary N) is 1. The van der Waals surface area contributed by atoms with Crippen molar-refractivity contribution in [1.29, 1.82) is 0 Å². The zero-order valence-electron chi connectivity index (χ0n) is 8.46. The Labute approximate surface area is 87.9 Å². The topological polar surface area (TPSA) is 66.7 Å². The van der Waals surface area contributed by atoms with E-state index in [0.29, 0.717) is 12.4 Å². The van der Waals surface area contributed by atoms with Gasteiger partial charge in [-0.1, -0.05) is 11.8 Å². The summed E-state index contributed by atoms with van der Waals surface area (Å²) in [4.78, 5) is 0. The molecule has 4 nitrogen and oxygen atoms in total. The Morgan fingerprint density at radius 2 is 2.40 bits per heavy atom. The van der Waals surface area contributed by atoms with Crippen molar-refractivity contribution in [3.63, 3.8) is 0 Å². The molecule has 0 spiro atoms. The van der Waals surface area contributed by atoms with E-state index in [4.69, 9.17) is 5.73 Å². The van der Waals surface area contributed by atoms with Crippen molar-refractivity contribution in [3.05, 3.63) is 23.8 Å². The van der Waals surface area contributed by atoms with E-state index in [2.05, 4.69) is 27.4 Å². The molecule has 0 atom stereocenters. The van der Waals surface area contributed by atoms with Gasteiger partial charge in [0.25, 0.3) is 0 Å². The molecule has 1 aromatic carbocycles. The maximum atomic E-state index is 5.66. The molecule has 2 rings (SSSR count). The number of nitrogen functional groups attached to an aromatic ring is 1. The molecule has 1 aromatic heterocycles. The van der Waals surface area contributed by atoms with E-state index >= 15 is 0 Å². The molecule has 0 aliphatic heterocycles. The van der Waals surface area contributed by atoms with Crippen LogP contribution in [0.3, 0.4) is 0 Å². The molecule has 0 unspecified atom stereocenters. The van der Waals surface area contributed by atoms with Gasteiger partial charge < -0.3 is 11.1 Å². The number of aromatic amines is 1. The van der Waals surface area contributed by atoms with Gasteiger partial charge in [-0.15, -0.1) is 0 Å². The number of H-pyrrole nitrogens is 1. The predicted octanol–water partition coefficient (Wildman–Crippen LogP) is 0.716. The largest absolute Gasteiger partial charge is 0.382 e. The summed E-state index contributed by atoms with van der Waals surface area (Å²) in [5, 5.41) is 10.7. The zero-order chi connectivity index (χ0) is 10.7. The predicted molar refractivity (Wildman–Crippen MR) is 61.3 cm³/mol. The summed E-state index contributed by atoms with van der Waals surface area (Å²) >= 11 is 0. The normalized spacial score (nSPS) is 9.93. The van der Waals surface area contributed by atoms with Gasteiger partial charge in [-0.25, -0.2) is 0 Å². The Bertz CT molecular complexity index is 530. The molecule has 0 amide bonds. The number of nitrogens with one attached hydrogen (secondary N) is 2. The molecule has 15 heavy (non-hydrogen) atoms. The van der Waals surface area contributed by atoms with Crippen LogP contribution >= 0.6 is 0 Å². The van der Waals surface area contributed by atoms with Gasteiger partial charge in [-0.2, -0.15) is 5.10 Å². The van der Waals surface area contributed by atoms with E-state index in [1.54, 1.807) is 0 Å². The van der Waals surface area contributed by atoms with E-state index in [1.807, 2.05) is 25.2 Å². The van der Waals surface area contributed by atoms with Crippen molar-refractivity contribution in [2.45, 2.75) is 0 Å². The van der Waals surface area contributed by atoms with E-state index in [1.165, 1.54) is 0 Å². The molecule has 0 saturated heterocycles. The molecule has 0 bridgehead atoms. The lowest BCUT2D eigenvalue weighted by molar-refractivity contribution is 0.938. The molecular weight excluding hydrogens is 188 g/mol. The second kappa shape index (κ2) is 4.03. The molecule has 4 N–H and O–H groups in total. The number of nitrogens with zero attached hydrogens (tertiary/aromatic N) is 1. The van der Waals surface area contributed by atoms with Gasteiger partial charge >= 0.3 is 0 Å². The zero-order valence-corrected chi connectivity index (χ0v) is 8.46. The average Bonchev–Trinajstić information content (AvgIpc) is 2.61. The maximum Gasteiger partial charge on any atom is 0.153 e. The number of benzene rings is 1. The van der Waals surface area contributed by atoms with Crippen LogP contribution < -0.4 is 11.1 Å². The van der Waals surface area contributed by atoms with Gasteiger partial charge in [0.05, 0.1) is 12.1 Å². The van der Waals surface area contributed by atoms with Crippen LogP contribution in [0.5, 0.6) is 0 Å². The fourth-order valence-corrected chi connectivity index (χ4v) is 1.35. The summed E-state index contributed by atoms with van der Waals surface area (Å²) in [7, 11) is 1.87. The summed E-state index contributed by atoms with van der Waals surface area (Å²) in [6.07, 6.45) is 0. The lowest BCUT2D eigenvalue weighted by atomic mass is 10.1. The van der Waals surface area contributed by atoms with Crippen molar-refractivity contribution >= 4 is 16.7 Å². The van der Waals surface area contributed by atoms with Crippen molar-refractivity contribution in [1.82, 2.24) is 15.5 Å². The lowest BCUT2D eigenvalue weighted by Gasteiger charge is -1.91. The number of rotatable bonds is 1. The third-order valence-corrected chi connectivity index (χ3v) is 2.09. The van der Waals surface area contributed by atoms with Crippen LogP contribution in [0.4, 0.5) is 5.82 Å². The number of hydrogen-bond donors (Lipinski definition) is 3. The standard InChI is InChI=1S/C11H12N4/c1-13-6-2-3-8-4-5-9-10(7-8)14-15-11(9)12/h4-5,7,13H,6H2,1H3,(H3,12,14,15). The number of anilines is 1. The first-order valence-corrected chi connectivity index (χ1v) is 4.68. The van der Waals surface area contributed by atoms with Gasteiger partial charge in [0, 0.05) is 10.9 Å². The van der Waals surface area contributed by atoms with Crippen LogP contribution in [-0.2, 0) is 0 Å². The van der Waals surface area contributed by atoms with Gasteiger partial charge in [0.1, 0.15) is 0 Å². The Balaban J connectivity index is 2.36. The van der Waals surface area contributed by atoms with Gasteiger partial charge in [-0.3, -0.25) is 5.10 Å². The Kier molecular flexibility index (Phi) is 2.57. The summed E-state index contributed by atoms with van der Waals surface area (Å²) in [6, 6.07) is 5.82. The highest BCUT2D eigenvalue weighted by atomic mass is 15.1. The van der Waals surface area contributed by atoms with Crippen LogP contribution in [0.1, 0.15) is 5.56 Å². The molecule has 0 fully saturated rings. The maximum absolute atomic E-state index is 5.66. The first-order valence-electron chi connectivity index (χ1n) is 4.68. The van der Waals surface area contributed by atoms with Gasteiger partial charge in [0.2, 0.25) is 0 Å². The van der Waals surface area contributed by atoms with Crippen LogP contribution in [-0.4, -0.2) is 23.8 Å². The van der Waals surface area contributed by atoms with E-state index in [-0.39, 0.29) is 0 Å². The molecule has 0 aliphatic carbocycles. The smallest absolute Gasteiger partial charge is 0.153 e. The van der Waals surface area contributed by atoms with Crippen molar-refractivity contribution in [2.75, 3.05) is 19.3 Å². The third-order valence-electron chi connectivity index (χ3n) is 2.09. The molecule has 1 heterocycles. The minimum Gasteiger partial charge on any atom is -0.382 e. The Hall–Kier alpha value is -1.99. The second-order valence-electron chi connectivity index (χ2n) is 3.20. The third kappa shape index (κ3) is 1.92. The summed E-state index contributed by atoms with van der Waals surface area (Å²) in [5.41, 5.74) is 7.54. The molecule has 0 radical (unpaired) electrons. The highest BCUT2D eigenvalue weighted by molar-refractivity contribution is 5.89. The molecule has 76 valence electrons. The Morgan fingerprint density at radius 3 is 3.20 bits per heavy atom. The van der Waals surface area contributed by atoms with Crippen molar-refractivity contribution in [2.24, 2.45) is 0 Å². The first-order chi connectivity index (χ1) is 7.31. The molecular formula is C11H12N4. The fraction of sp³-hybridized carbons (Fsp3) is 0.182. The van der Waals surface area contributed by atoms with Crippen LogP contribution in [0.2, 0.25) is 0 Å². The first kappa shape index (κ1) is 9.56. The summed E-state index contributed by atoms with van der Waals surface area (Å²) < 4.78 is 0. The highest BCUT2D eigenvalue weighted by Crippen LogP contribution is 2.18. The minimum absolute atomic E-state index is 0.528. The average molecular weight is 200 g/mol. The molecule has 0 aliphatic rings. The molecule has 2 aromatic rings. The quantitative estimate of drug-likeness (QED) is 0.594. The van der Waals surface area contributed by atoms with E-state index in [9.17, 15) is 0 Å². The number of aromatic nitrogens is 2. The summed E-state index contributed by atoms with van der Waals surface area (Å²) in [6.45, 7) is 0.684. The summed E-state index contributed by atoms with van der Waals surface area (Å²) in [5.74, 6) is 6.57. The van der Waals surface area contributed by atoms with Crippen molar-refractivity contribution in [3.8, 4) is 11.8 Å². The fourth-order valence-electron chi connectivity index (χ4n) is 1.35. The monoisotopic (exact) mass is 200 g/mol. The minimum atomic E-state index is 0.528. The Morgan fingerprint density at radius 1 is 1.53 bits per heavy atom. The number of hydrogen-bond acceptors (Lipinski definition) is 3. The van der Waals surface area contributed by atoms with Gasteiger partial charge in [0.15, 0.2) is 5.82 Å². The highest BCUT2D eigenvalue weighted by Gasteiger charge is 2.00. The second-order valence-corrected chi connectivity index (χ2v) is 3.20. The van der Waals surface area contributed by atoms with E-state index < -0.39 is 0 Å². The number of fused-ring (bicyclic) bond motifs is 1. The molecule has 4 heteroatoms. The van der Waals surface area contributed by atoms with Gasteiger partial charge in [-0.05, 0) is 25.2 Å². The van der Waals surface area contributed by atoms with Crippen LogP contribution in [0.15, 0.2) is 18.2 Å². The van der Waals surface area contributed by atoms with Crippen LogP contribution in [0, 0.1) is 11.8 Å². The SMILES string of the molecule is CNCC#Cc1ccc2c(N)n[nH]c2c1. The van der Waals surface area contributed by atoms with Crippen LogP contribution in [0.25, 0.3) is 10.9 Å². The van der Waals surface area contributed by atoms with E-state index in [0.717, 1.165) is 16.5 Å². The molecule has 0 saturated carbocycles. The van der Waals surface area contributed by atoms with Crippen molar-refractivity contribution < 1.29 is 0 Å².